The molecule has 9 nitrogen and oxygen atoms in total. The van der Waals surface area contributed by atoms with Crippen LogP contribution in [0.4, 0.5) is 0 Å². The van der Waals surface area contributed by atoms with Gasteiger partial charge in [-0.05, 0) is 67.8 Å². The van der Waals surface area contributed by atoms with E-state index in [1.165, 1.54) is 42.5 Å². The van der Waals surface area contributed by atoms with E-state index in [4.69, 9.17) is 4.42 Å². The van der Waals surface area contributed by atoms with Crippen LogP contribution in [0, 0.1) is 0 Å². The zero-order valence-corrected chi connectivity index (χ0v) is 22.0. The Morgan fingerprint density at radius 1 is 0.925 bits per heavy atom. The number of aromatic carboxylic acids is 1. The zero-order valence-electron chi connectivity index (χ0n) is 22.0. The molecule has 0 spiro atoms. The van der Waals surface area contributed by atoms with Gasteiger partial charge in [0.05, 0.1) is 5.56 Å². The van der Waals surface area contributed by atoms with Crippen molar-refractivity contribution >= 4 is 28.8 Å². The minimum Gasteiger partial charge on any atom is -0.508 e. The molecule has 1 aliphatic heterocycles. The van der Waals surface area contributed by atoms with Crippen LogP contribution in [-0.4, -0.2) is 41.1 Å². The summed E-state index contributed by atoms with van der Waals surface area (Å²) in [6, 6.07) is 13.0. The number of carbonyl (C=O) groups is 3. The van der Waals surface area contributed by atoms with E-state index >= 15 is 0 Å². The molecule has 2 aromatic carbocycles. The molecular weight excluding hydrogens is 512 g/mol. The second-order valence-electron chi connectivity index (χ2n) is 9.32. The number of aromatic hydroxyl groups is 1. The average molecular weight is 543 g/mol. The van der Waals surface area contributed by atoms with Crippen LogP contribution in [0.5, 0.6) is 5.75 Å². The molecule has 0 radical (unpaired) electrons. The Hall–Kier alpha value is -4.92. The van der Waals surface area contributed by atoms with Gasteiger partial charge in [-0.2, -0.15) is 0 Å². The van der Waals surface area contributed by atoms with Gasteiger partial charge in [0.1, 0.15) is 17.1 Å². The highest BCUT2D eigenvalue weighted by atomic mass is 16.4. The number of phenols is 1. The highest BCUT2D eigenvalue weighted by molar-refractivity contribution is 6.09. The van der Waals surface area contributed by atoms with E-state index in [0.717, 1.165) is 6.42 Å². The predicted octanol–water partition coefficient (Wildman–Crippen LogP) is 4.95. The molecule has 0 bridgehead atoms. The summed E-state index contributed by atoms with van der Waals surface area (Å²) >= 11 is 0. The first-order valence-corrected chi connectivity index (χ1v) is 13.0. The standard InChI is InChI=1S/C31H30N2O7/c1-2-3-14-32-28(36)7-5-4-6-15-33-30(37)19-8-11-22(31(38)39)25(16-19)29-23-12-9-20(34)17-26(23)40-27-18-21(35)10-13-24(27)29/h2-3,8-13,16-18,34H,4-7,14-15H2,1H3,(H,32,36)(H,33,37)(H,38,39)/b3-2+. The number of carboxylic acid groups (broad SMARTS) is 1. The third kappa shape index (κ3) is 6.55. The Morgan fingerprint density at radius 2 is 1.75 bits per heavy atom. The third-order valence-electron chi connectivity index (χ3n) is 6.48. The van der Waals surface area contributed by atoms with Crippen LogP contribution < -0.4 is 16.1 Å². The molecule has 2 aliphatic rings. The molecule has 4 N–H and O–H groups in total. The minimum atomic E-state index is -1.18. The van der Waals surface area contributed by atoms with Crippen molar-refractivity contribution in [3.05, 3.63) is 88.1 Å². The molecule has 0 saturated carbocycles. The maximum absolute atomic E-state index is 13.0. The van der Waals surface area contributed by atoms with Gasteiger partial charge in [-0.1, -0.05) is 18.6 Å². The summed E-state index contributed by atoms with van der Waals surface area (Å²) in [4.78, 5) is 49.0. The number of phenolic OH excluding ortho intramolecular Hbond substituents is 1. The van der Waals surface area contributed by atoms with Crippen LogP contribution in [0.15, 0.2) is 76.0 Å². The molecule has 0 fully saturated rings. The number of nitrogens with one attached hydrogen (secondary N) is 2. The van der Waals surface area contributed by atoms with Crippen LogP contribution >= 0.6 is 0 Å². The number of carbonyl (C=O) groups excluding carboxylic acids is 2. The van der Waals surface area contributed by atoms with Gasteiger partial charge in [-0.15, -0.1) is 0 Å². The SMILES string of the molecule is C/C=C/CNC(=O)CCCCCNC(=O)c1ccc(C(=O)O)c(-c2c3ccc(=O)cc-3oc3cc(O)ccc23)c1. The smallest absolute Gasteiger partial charge is 0.336 e. The van der Waals surface area contributed by atoms with Gasteiger partial charge in [0.2, 0.25) is 5.91 Å². The summed E-state index contributed by atoms with van der Waals surface area (Å²) in [7, 11) is 0. The molecule has 40 heavy (non-hydrogen) atoms. The first-order valence-electron chi connectivity index (χ1n) is 13.0. The topological polar surface area (TPSA) is 146 Å². The Balaban J connectivity index is 1.57. The van der Waals surface area contributed by atoms with Crippen LogP contribution in [0.3, 0.4) is 0 Å². The first kappa shape index (κ1) is 28.1. The monoisotopic (exact) mass is 542 g/mol. The van der Waals surface area contributed by atoms with Crippen LogP contribution in [0.1, 0.15) is 53.3 Å². The van der Waals surface area contributed by atoms with Crippen molar-refractivity contribution in [3.8, 4) is 28.2 Å². The summed E-state index contributed by atoms with van der Waals surface area (Å²) in [5, 5.41) is 26.1. The van der Waals surface area contributed by atoms with Crippen molar-refractivity contribution < 1.29 is 29.0 Å². The number of carboxylic acids is 1. The maximum Gasteiger partial charge on any atom is 0.336 e. The van der Waals surface area contributed by atoms with Crippen molar-refractivity contribution in [2.45, 2.75) is 32.6 Å². The Kier molecular flexibility index (Phi) is 8.96. The van der Waals surface area contributed by atoms with Gasteiger partial charge in [0, 0.05) is 53.7 Å². The lowest BCUT2D eigenvalue weighted by atomic mass is 9.89. The highest BCUT2D eigenvalue weighted by Crippen LogP contribution is 2.42. The molecule has 1 aliphatic carbocycles. The summed E-state index contributed by atoms with van der Waals surface area (Å²) in [5.41, 5.74) is 1.45. The van der Waals surface area contributed by atoms with E-state index in [9.17, 15) is 29.4 Å². The summed E-state index contributed by atoms with van der Waals surface area (Å²) in [6.45, 7) is 2.80. The summed E-state index contributed by atoms with van der Waals surface area (Å²) in [6.07, 6.45) is 6.31. The third-order valence-corrected chi connectivity index (χ3v) is 6.48. The summed E-state index contributed by atoms with van der Waals surface area (Å²) < 4.78 is 5.86. The largest absolute Gasteiger partial charge is 0.508 e. The van der Waals surface area contributed by atoms with Crippen molar-refractivity contribution in [3.63, 3.8) is 0 Å². The second-order valence-corrected chi connectivity index (χ2v) is 9.32. The van der Waals surface area contributed by atoms with Gasteiger partial charge in [0.25, 0.3) is 5.91 Å². The molecule has 2 amide bonds. The fourth-order valence-corrected chi connectivity index (χ4v) is 4.50. The molecule has 4 rings (SSSR count). The number of benzene rings is 3. The van der Waals surface area contributed by atoms with Gasteiger partial charge in [0.15, 0.2) is 5.43 Å². The van der Waals surface area contributed by atoms with Crippen molar-refractivity contribution in [2.75, 3.05) is 13.1 Å². The normalized spacial score (nSPS) is 11.2. The fraction of sp³-hybridized carbons (Fsp3) is 0.226. The fourth-order valence-electron chi connectivity index (χ4n) is 4.50. The molecular formula is C31H30N2O7. The Labute approximate surface area is 230 Å². The van der Waals surface area contributed by atoms with Gasteiger partial charge < -0.3 is 25.3 Å². The number of fused-ring (bicyclic) bond motifs is 2. The van der Waals surface area contributed by atoms with E-state index in [1.54, 1.807) is 12.1 Å². The van der Waals surface area contributed by atoms with Crippen molar-refractivity contribution in [1.82, 2.24) is 10.6 Å². The average Bonchev–Trinajstić information content (AvgIpc) is 2.93. The predicted molar refractivity (Wildman–Crippen MR) is 152 cm³/mol. The Morgan fingerprint density at radius 3 is 2.52 bits per heavy atom. The number of rotatable bonds is 11. The van der Waals surface area contributed by atoms with Crippen LogP contribution in [0.2, 0.25) is 0 Å². The van der Waals surface area contributed by atoms with Crippen molar-refractivity contribution in [2.24, 2.45) is 0 Å². The number of amides is 2. The molecule has 0 atom stereocenters. The Bertz CT molecular complexity index is 1620. The molecule has 0 aromatic heterocycles. The van der Waals surface area contributed by atoms with Crippen LogP contribution in [-0.2, 0) is 4.79 Å². The molecule has 0 unspecified atom stereocenters. The number of hydrogen-bond acceptors (Lipinski definition) is 6. The lowest BCUT2D eigenvalue weighted by Gasteiger charge is -2.17. The quantitative estimate of drug-likeness (QED) is 0.119. The van der Waals surface area contributed by atoms with E-state index in [-0.39, 0.29) is 51.0 Å². The van der Waals surface area contributed by atoms with E-state index < -0.39 is 5.97 Å². The number of allylic oxidation sites excluding steroid dienone is 1. The summed E-state index contributed by atoms with van der Waals surface area (Å²) in [5.74, 6) is -1.39. The van der Waals surface area contributed by atoms with Crippen LogP contribution in [0.25, 0.3) is 33.4 Å². The first-order chi connectivity index (χ1) is 19.3. The molecule has 206 valence electrons. The highest BCUT2D eigenvalue weighted by Gasteiger charge is 2.23. The lowest BCUT2D eigenvalue weighted by Crippen LogP contribution is -2.25. The lowest BCUT2D eigenvalue weighted by molar-refractivity contribution is -0.121. The van der Waals surface area contributed by atoms with E-state index in [1.807, 2.05) is 19.1 Å². The molecule has 0 saturated heterocycles. The molecule has 1 heterocycles. The zero-order chi connectivity index (χ0) is 28.6. The van der Waals surface area contributed by atoms with Crippen molar-refractivity contribution in [1.29, 1.82) is 0 Å². The number of hydrogen-bond donors (Lipinski definition) is 4. The maximum atomic E-state index is 13.0. The molecule has 2 aromatic rings. The molecule has 9 heteroatoms. The van der Waals surface area contributed by atoms with E-state index in [0.29, 0.717) is 48.9 Å². The van der Waals surface area contributed by atoms with Gasteiger partial charge in [-0.3, -0.25) is 14.4 Å². The number of unbranched alkanes of at least 4 members (excludes halogenated alkanes) is 2. The minimum absolute atomic E-state index is 0.0105. The van der Waals surface area contributed by atoms with Gasteiger partial charge >= 0.3 is 5.97 Å². The second kappa shape index (κ2) is 12.8. The van der Waals surface area contributed by atoms with Gasteiger partial charge in [-0.25, -0.2) is 4.79 Å². The van der Waals surface area contributed by atoms with E-state index in [2.05, 4.69) is 10.6 Å².